The lowest BCUT2D eigenvalue weighted by atomic mass is 10.2. The molecule has 1 N–H and O–H groups in total. The van der Waals surface area contributed by atoms with Gasteiger partial charge >= 0.3 is 0 Å². The van der Waals surface area contributed by atoms with Crippen molar-refractivity contribution in [1.82, 2.24) is 20.3 Å². The SMILES string of the molecule is Cc1cc(CN2CCN(C(=O)CCNC(=O)c3ccc(F)cc3F)CC2)on1. The van der Waals surface area contributed by atoms with Gasteiger partial charge < -0.3 is 14.7 Å². The number of carbonyl (C=O) groups excluding carboxylic acids is 2. The minimum absolute atomic E-state index is 0.0740. The zero-order chi connectivity index (χ0) is 20.1. The molecule has 0 atom stereocenters. The number of hydrogen-bond acceptors (Lipinski definition) is 5. The Morgan fingerprint density at radius 3 is 2.57 bits per heavy atom. The van der Waals surface area contributed by atoms with Crippen molar-refractivity contribution in [3.05, 3.63) is 52.9 Å². The van der Waals surface area contributed by atoms with Crippen LogP contribution >= 0.6 is 0 Å². The highest BCUT2D eigenvalue weighted by atomic mass is 19.1. The van der Waals surface area contributed by atoms with Crippen LogP contribution in [0.5, 0.6) is 0 Å². The smallest absolute Gasteiger partial charge is 0.254 e. The third kappa shape index (κ3) is 5.13. The van der Waals surface area contributed by atoms with Gasteiger partial charge in [-0.15, -0.1) is 0 Å². The van der Waals surface area contributed by atoms with E-state index in [4.69, 9.17) is 4.52 Å². The Bertz CT molecular complexity index is 847. The van der Waals surface area contributed by atoms with E-state index in [1.54, 1.807) is 4.90 Å². The van der Waals surface area contributed by atoms with Gasteiger partial charge in [0.05, 0.1) is 17.8 Å². The van der Waals surface area contributed by atoms with E-state index in [0.29, 0.717) is 25.7 Å². The van der Waals surface area contributed by atoms with Crippen molar-refractivity contribution in [2.24, 2.45) is 0 Å². The second-order valence-corrected chi connectivity index (χ2v) is 6.72. The minimum Gasteiger partial charge on any atom is -0.360 e. The average Bonchev–Trinajstić information content (AvgIpc) is 3.06. The molecule has 0 bridgehead atoms. The Balaban J connectivity index is 1.39. The van der Waals surface area contributed by atoms with Gasteiger partial charge in [-0.25, -0.2) is 8.78 Å². The summed E-state index contributed by atoms with van der Waals surface area (Å²) in [6.07, 6.45) is 0.121. The predicted octanol–water partition coefficient (Wildman–Crippen LogP) is 1.73. The number of carbonyl (C=O) groups is 2. The molecular weight excluding hydrogens is 370 g/mol. The maximum Gasteiger partial charge on any atom is 0.254 e. The molecule has 9 heteroatoms. The molecule has 150 valence electrons. The first kappa shape index (κ1) is 19.9. The van der Waals surface area contributed by atoms with Crippen molar-refractivity contribution in [3.8, 4) is 0 Å². The van der Waals surface area contributed by atoms with Crippen LogP contribution in [0.2, 0.25) is 0 Å². The van der Waals surface area contributed by atoms with Gasteiger partial charge in [0.15, 0.2) is 5.76 Å². The molecule has 1 aliphatic heterocycles. The van der Waals surface area contributed by atoms with Gasteiger partial charge in [-0.1, -0.05) is 5.16 Å². The lowest BCUT2D eigenvalue weighted by Gasteiger charge is -2.34. The van der Waals surface area contributed by atoms with E-state index in [1.165, 1.54) is 0 Å². The number of rotatable bonds is 6. The molecule has 1 fully saturated rings. The molecular formula is C19H22F2N4O3. The van der Waals surface area contributed by atoms with Gasteiger partial charge in [-0.3, -0.25) is 14.5 Å². The summed E-state index contributed by atoms with van der Waals surface area (Å²) in [7, 11) is 0. The summed E-state index contributed by atoms with van der Waals surface area (Å²) in [6.45, 7) is 5.23. The number of piperazine rings is 1. The predicted molar refractivity (Wildman–Crippen MR) is 96.4 cm³/mol. The van der Waals surface area contributed by atoms with Gasteiger partial charge in [-0.05, 0) is 19.1 Å². The molecule has 2 heterocycles. The molecule has 28 heavy (non-hydrogen) atoms. The van der Waals surface area contributed by atoms with Crippen molar-refractivity contribution < 1.29 is 22.9 Å². The summed E-state index contributed by atoms with van der Waals surface area (Å²) in [4.78, 5) is 28.2. The van der Waals surface area contributed by atoms with Crippen LogP contribution in [-0.2, 0) is 11.3 Å². The highest BCUT2D eigenvalue weighted by molar-refractivity contribution is 5.94. The first-order valence-electron chi connectivity index (χ1n) is 9.08. The number of amides is 2. The fourth-order valence-electron chi connectivity index (χ4n) is 3.08. The molecule has 1 aromatic carbocycles. The fraction of sp³-hybridized carbons (Fsp3) is 0.421. The first-order chi connectivity index (χ1) is 13.4. The molecule has 0 unspecified atom stereocenters. The normalized spacial score (nSPS) is 14.9. The van der Waals surface area contributed by atoms with E-state index in [2.05, 4.69) is 15.4 Å². The number of halogens is 2. The molecule has 1 saturated heterocycles. The molecule has 2 aromatic rings. The van der Waals surface area contributed by atoms with E-state index in [1.807, 2.05) is 13.0 Å². The van der Waals surface area contributed by atoms with Crippen molar-refractivity contribution in [1.29, 1.82) is 0 Å². The Morgan fingerprint density at radius 1 is 1.18 bits per heavy atom. The van der Waals surface area contributed by atoms with Crippen molar-refractivity contribution in [3.63, 3.8) is 0 Å². The summed E-state index contributed by atoms with van der Waals surface area (Å²) in [5.41, 5.74) is 0.594. The molecule has 0 saturated carbocycles. The van der Waals surface area contributed by atoms with Gasteiger partial charge in [0.2, 0.25) is 5.91 Å². The lowest BCUT2D eigenvalue weighted by molar-refractivity contribution is -0.132. The van der Waals surface area contributed by atoms with E-state index < -0.39 is 17.5 Å². The van der Waals surface area contributed by atoms with Crippen LogP contribution in [0.1, 0.15) is 28.2 Å². The second-order valence-electron chi connectivity index (χ2n) is 6.72. The summed E-state index contributed by atoms with van der Waals surface area (Å²) in [5.74, 6) is -1.62. The topological polar surface area (TPSA) is 78.7 Å². The zero-order valence-corrected chi connectivity index (χ0v) is 15.6. The van der Waals surface area contributed by atoms with Gasteiger partial charge in [0, 0.05) is 51.3 Å². The highest BCUT2D eigenvalue weighted by Crippen LogP contribution is 2.11. The van der Waals surface area contributed by atoms with E-state index >= 15 is 0 Å². The van der Waals surface area contributed by atoms with E-state index in [-0.39, 0.29) is 24.4 Å². The van der Waals surface area contributed by atoms with Crippen molar-refractivity contribution in [2.45, 2.75) is 19.9 Å². The van der Waals surface area contributed by atoms with Crippen LogP contribution in [0.4, 0.5) is 8.78 Å². The number of aryl methyl sites for hydroxylation is 1. The maximum atomic E-state index is 13.6. The molecule has 0 spiro atoms. The highest BCUT2D eigenvalue weighted by Gasteiger charge is 2.22. The van der Waals surface area contributed by atoms with E-state index in [9.17, 15) is 18.4 Å². The second kappa shape index (κ2) is 8.92. The Labute approximate surface area is 161 Å². The van der Waals surface area contributed by atoms with Crippen LogP contribution in [-0.4, -0.2) is 59.5 Å². The number of nitrogens with one attached hydrogen (secondary N) is 1. The van der Waals surface area contributed by atoms with Crippen LogP contribution < -0.4 is 5.32 Å². The summed E-state index contributed by atoms with van der Waals surface area (Å²) < 4.78 is 31.7. The van der Waals surface area contributed by atoms with Crippen LogP contribution in [0.25, 0.3) is 0 Å². The molecule has 2 amide bonds. The number of aromatic nitrogens is 1. The minimum atomic E-state index is -0.929. The molecule has 0 radical (unpaired) electrons. The molecule has 0 aliphatic carbocycles. The number of nitrogens with zero attached hydrogens (tertiary/aromatic N) is 3. The van der Waals surface area contributed by atoms with Crippen LogP contribution in [0.15, 0.2) is 28.8 Å². The third-order valence-electron chi connectivity index (χ3n) is 4.58. The van der Waals surface area contributed by atoms with Gasteiger partial charge in [0.1, 0.15) is 11.6 Å². The largest absolute Gasteiger partial charge is 0.360 e. The van der Waals surface area contributed by atoms with Gasteiger partial charge in [-0.2, -0.15) is 0 Å². The monoisotopic (exact) mass is 392 g/mol. The van der Waals surface area contributed by atoms with Crippen LogP contribution in [0.3, 0.4) is 0 Å². The standard InChI is InChI=1S/C19H22F2N4O3/c1-13-10-15(28-23-13)12-24-6-8-25(9-7-24)18(26)4-5-22-19(27)16-3-2-14(20)11-17(16)21/h2-3,10-11H,4-9,12H2,1H3,(H,22,27). The Morgan fingerprint density at radius 2 is 1.93 bits per heavy atom. The van der Waals surface area contributed by atoms with E-state index in [0.717, 1.165) is 36.7 Å². The molecule has 1 aromatic heterocycles. The van der Waals surface area contributed by atoms with Crippen molar-refractivity contribution >= 4 is 11.8 Å². The average molecular weight is 392 g/mol. The lowest BCUT2D eigenvalue weighted by Crippen LogP contribution is -2.48. The summed E-state index contributed by atoms with van der Waals surface area (Å²) >= 11 is 0. The van der Waals surface area contributed by atoms with Crippen LogP contribution in [0, 0.1) is 18.6 Å². The zero-order valence-electron chi connectivity index (χ0n) is 15.6. The van der Waals surface area contributed by atoms with Crippen molar-refractivity contribution in [2.75, 3.05) is 32.7 Å². The Hall–Kier alpha value is -2.81. The fourth-order valence-corrected chi connectivity index (χ4v) is 3.08. The number of benzene rings is 1. The first-order valence-corrected chi connectivity index (χ1v) is 9.08. The Kier molecular flexibility index (Phi) is 6.35. The third-order valence-corrected chi connectivity index (χ3v) is 4.58. The number of hydrogen-bond donors (Lipinski definition) is 1. The molecule has 7 nitrogen and oxygen atoms in total. The molecule has 3 rings (SSSR count). The summed E-state index contributed by atoms with van der Waals surface area (Å²) in [6, 6.07) is 4.64. The maximum absolute atomic E-state index is 13.6. The quantitative estimate of drug-likeness (QED) is 0.810. The summed E-state index contributed by atoms with van der Waals surface area (Å²) in [5, 5.41) is 6.36. The van der Waals surface area contributed by atoms with Gasteiger partial charge in [0.25, 0.3) is 5.91 Å². The molecule has 1 aliphatic rings.